The van der Waals surface area contributed by atoms with Gasteiger partial charge in [0.25, 0.3) is 0 Å². The molecule has 0 saturated carbocycles. The highest BCUT2D eigenvalue weighted by Crippen LogP contribution is 2.21. The van der Waals surface area contributed by atoms with Gasteiger partial charge in [0, 0.05) is 41.6 Å². The minimum atomic E-state index is -0.217. The molecule has 0 atom stereocenters. The van der Waals surface area contributed by atoms with Crippen LogP contribution in [0.3, 0.4) is 0 Å². The van der Waals surface area contributed by atoms with Gasteiger partial charge in [-0.15, -0.1) is 0 Å². The van der Waals surface area contributed by atoms with E-state index in [1.807, 2.05) is 45.2 Å². The van der Waals surface area contributed by atoms with Crippen LogP contribution in [0.4, 0.5) is 5.82 Å². The quantitative estimate of drug-likeness (QED) is 0.481. The van der Waals surface area contributed by atoms with Gasteiger partial charge >= 0.3 is 0 Å². The monoisotopic (exact) mass is 401 g/mol. The van der Waals surface area contributed by atoms with E-state index in [0.29, 0.717) is 5.82 Å². The summed E-state index contributed by atoms with van der Waals surface area (Å²) in [5.41, 5.74) is 5.10. The molecule has 1 amide bonds. The summed E-state index contributed by atoms with van der Waals surface area (Å²) in [6.07, 6.45) is 12.3. The molecule has 0 aliphatic carbocycles. The van der Waals surface area contributed by atoms with Crippen molar-refractivity contribution in [1.29, 1.82) is 0 Å². The summed E-state index contributed by atoms with van der Waals surface area (Å²) in [7, 11) is 0. The third-order valence-corrected chi connectivity index (χ3v) is 4.38. The van der Waals surface area contributed by atoms with E-state index in [9.17, 15) is 4.79 Å². The molecule has 1 N–H and O–H groups in total. The normalized spacial score (nSPS) is 12.0. The van der Waals surface area contributed by atoms with Crippen molar-refractivity contribution in [3.63, 3.8) is 0 Å². The fraction of sp³-hybridized carbons (Fsp3) is 0.182. The summed E-state index contributed by atoms with van der Waals surface area (Å²) in [4.78, 5) is 28.9. The van der Waals surface area contributed by atoms with E-state index in [1.54, 1.807) is 35.5 Å². The van der Waals surface area contributed by atoms with Crippen LogP contribution < -0.4 is 5.32 Å². The molecule has 0 aliphatic heterocycles. The molecule has 3 aromatic heterocycles. The Morgan fingerprint density at radius 3 is 2.73 bits per heavy atom. The topological polar surface area (TPSA) is 98.0 Å². The fourth-order valence-electron chi connectivity index (χ4n) is 2.87. The second-order valence-corrected chi connectivity index (χ2v) is 6.58. The van der Waals surface area contributed by atoms with Crippen LogP contribution in [0.15, 0.2) is 66.0 Å². The molecule has 0 aromatic carbocycles. The number of aryl methyl sites for hydroxylation is 1. The van der Waals surface area contributed by atoms with Gasteiger partial charge < -0.3 is 5.32 Å². The lowest BCUT2D eigenvalue weighted by molar-refractivity contribution is -0.116. The smallest absolute Gasteiger partial charge is 0.247 e. The first-order valence-corrected chi connectivity index (χ1v) is 9.38. The number of carbonyl (C=O) groups excluding carboxylic acids is 1. The van der Waals surface area contributed by atoms with Gasteiger partial charge in [-0.25, -0.2) is 4.98 Å². The lowest BCUT2D eigenvalue weighted by Crippen LogP contribution is -2.19. The van der Waals surface area contributed by atoms with Crippen molar-refractivity contribution >= 4 is 24.0 Å². The number of hydrogen-bond acceptors (Lipinski definition) is 6. The van der Waals surface area contributed by atoms with Gasteiger partial charge in [-0.1, -0.05) is 6.08 Å². The maximum Gasteiger partial charge on any atom is 0.247 e. The van der Waals surface area contributed by atoms with Crippen LogP contribution in [-0.2, 0) is 11.3 Å². The van der Waals surface area contributed by atoms with Gasteiger partial charge in [0.2, 0.25) is 5.91 Å². The minimum absolute atomic E-state index is 0.0772. The fourth-order valence-corrected chi connectivity index (χ4v) is 2.87. The molecule has 0 spiro atoms. The lowest BCUT2D eigenvalue weighted by Gasteiger charge is -2.06. The Morgan fingerprint density at radius 1 is 1.27 bits per heavy atom. The number of pyridine rings is 1. The van der Waals surface area contributed by atoms with E-state index in [1.165, 1.54) is 0 Å². The molecule has 3 rings (SSSR count). The first kappa shape index (κ1) is 20.8. The number of aromatic nitrogens is 5. The zero-order chi connectivity index (χ0) is 21.5. The number of amides is 1. The Morgan fingerprint density at radius 2 is 2.10 bits per heavy atom. The maximum atomic E-state index is 12.4. The molecule has 30 heavy (non-hydrogen) atoms. The number of rotatable bonds is 7. The van der Waals surface area contributed by atoms with E-state index in [0.717, 1.165) is 33.8 Å². The molecule has 0 unspecified atom stereocenters. The Bertz CT molecular complexity index is 1100. The summed E-state index contributed by atoms with van der Waals surface area (Å²) in [6.45, 7) is 9.35. The van der Waals surface area contributed by atoms with E-state index >= 15 is 0 Å². The Hall–Kier alpha value is -3.94. The first-order chi connectivity index (χ1) is 14.5. The predicted octanol–water partition coefficient (Wildman–Crippen LogP) is 3.69. The molecule has 8 nitrogen and oxygen atoms in total. The van der Waals surface area contributed by atoms with Crippen molar-refractivity contribution in [3.05, 3.63) is 72.2 Å². The van der Waals surface area contributed by atoms with Crippen molar-refractivity contribution in [2.75, 3.05) is 5.32 Å². The Balaban J connectivity index is 1.67. The minimum Gasteiger partial charge on any atom is -0.309 e. The van der Waals surface area contributed by atoms with Crippen LogP contribution in [0, 0.1) is 6.92 Å². The third-order valence-electron chi connectivity index (χ3n) is 4.38. The number of aliphatic imine (C=N–C) groups is 1. The van der Waals surface area contributed by atoms with Crippen LogP contribution in [0.2, 0.25) is 0 Å². The van der Waals surface area contributed by atoms with Crippen LogP contribution in [0.1, 0.15) is 25.1 Å². The third kappa shape index (κ3) is 5.11. The van der Waals surface area contributed by atoms with Gasteiger partial charge in [-0.05, 0) is 51.3 Å². The molecule has 8 heteroatoms. The Labute approximate surface area is 175 Å². The lowest BCUT2D eigenvalue weighted by atomic mass is 10.1. The number of allylic oxidation sites excluding steroid dienone is 4. The molecule has 152 valence electrons. The molecular formula is C22H23N7O. The van der Waals surface area contributed by atoms with E-state index in [-0.39, 0.29) is 12.5 Å². The molecule has 3 aromatic rings. The zero-order valence-electron chi connectivity index (χ0n) is 17.2. The second-order valence-electron chi connectivity index (χ2n) is 6.58. The van der Waals surface area contributed by atoms with Gasteiger partial charge in [-0.3, -0.25) is 24.4 Å². The number of anilines is 1. The highest BCUT2D eigenvalue weighted by molar-refractivity contribution is 5.89. The largest absolute Gasteiger partial charge is 0.309 e. The van der Waals surface area contributed by atoms with Gasteiger partial charge in [0.15, 0.2) is 0 Å². The number of carbonyl (C=O) groups is 1. The average Bonchev–Trinajstić information content (AvgIpc) is 3.12. The predicted molar refractivity (Wildman–Crippen MR) is 118 cm³/mol. The first-order valence-electron chi connectivity index (χ1n) is 9.38. The highest BCUT2D eigenvalue weighted by atomic mass is 16.2. The molecule has 0 bridgehead atoms. The number of nitrogens with one attached hydrogen (secondary N) is 1. The summed E-state index contributed by atoms with van der Waals surface area (Å²) >= 11 is 0. The number of nitrogens with zero attached hydrogens (tertiary/aromatic N) is 6. The molecule has 0 saturated heterocycles. The summed E-state index contributed by atoms with van der Waals surface area (Å²) in [5, 5.41) is 7.24. The standard InChI is InChI=1S/C22H23N7O/c1-5-17(10-15(2)23-4)19-13-29(28-16(19)3)14-22(30)27-21-7-6-18(11-26-21)20-12-24-8-9-25-20/h5-13H,4,14H2,1-3H3,(H,26,27,30)/b15-10-,17-5+. The van der Waals surface area contributed by atoms with Gasteiger partial charge in [0.1, 0.15) is 12.4 Å². The SMILES string of the molecule is C=N/C(C)=C\C(=C/C)c1cn(CC(=O)Nc2ccc(-c3cnccn3)cn2)nc1C. The van der Waals surface area contributed by atoms with E-state index in [2.05, 4.69) is 37.1 Å². The summed E-state index contributed by atoms with van der Waals surface area (Å²) in [5.74, 6) is 0.242. The summed E-state index contributed by atoms with van der Waals surface area (Å²) in [6, 6.07) is 3.57. The second kappa shape index (κ2) is 9.51. The zero-order valence-corrected chi connectivity index (χ0v) is 17.2. The van der Waals surface area contributed by atoms with Crippen LogP contribution in [0.25, 0.3) is 16.8 Å². The van der Waals surface area contributed by atoms with E-state index < -0.39 is 0 Å². The van der Waals surface area contributed by atoms with Gasteiger partial charge in [0.05, 0.1) is 17.6 Å². The molecule has 0 radical (unpaired) electrons. The molecular weight excluding hydrogens is 378 g/mol. The van der Waals surface area contributed by atoms with Crippen LogP contribution >= 0.6 is 0 Å². The van der Waals surface area contributed by atoms with Crippen LogP contribution in [-0.4, -0.2) is 37.4 Å². The van der Waals surface area contributed by atoms with Crippen molar-refractivity contribution < 1.29 is 4.79 Å². The molecule has 0 aliphatic rings. The van der Waals surface area contributed by atoms with E-state index in [4.69, 9.17) is 0 Å². The molecule has 0 fully saturated rings. The van der Waals surface area contributed by atoms with Crippen molar-refractivity contribution in [2.24, 2.45) is 4.99 Å². The average molecular weight is 401 g/mol. The van der Waals surface area contributed by atoms with Crippen LogP contribution in [0.5, 0.6) is 0 Å². The van der Waals surface area contributed by atoms with Crippen molar-refractivity contribution in [1.82, 2.24) is 24.7 Å². The molecule has 3 heterocycles. The van der Waals surface area contributed by atoms with Crippen molar-refractivity contribution in [2.45, 2.75) is 27.3 Å². The number of hydrogen-bond donors (Lipinski definition) is 1. The Kier molecular flexibility index (Phi) is 6.59. The summed E-state index contributed by atoms with van der Waals surface area (Å²) < 4.78 is 1.61. The van der Waals surface area contributed by atoms with Crippen molar-refractivity contribution in [3.8, 4) is 11.3 Å². The maximum absolute atomic E-state index is 12.4. The highest BCUT2D eigenvalue weighted by Gasteiger charge is 2.11. The van der Waals surface area contributed by atoms with Gasteiger partial charge in [-0.2, -0.15) is 5.10 Å².